The van der Waals surface area contributed by atoms with Gasteiger partial charge in [-0.05, 0) is 66.6 Å². The van der Waals surface area contributed by atoms with Crippen molar-refractivity contribution < 1.29 is 9.90 Å². The van der Waals surface area contributed by atoms with Gasteiger partial charge in [0.2, 0.25) is 5.91 Å². The maximum atomic E-state index is 12.8. The minimum Gasteiger partial charge on any atom is -0.508 e. The van der Waals surface area contributed by atoms with Crippen LogP contribution in [0.4, 0.5) is 0 Å². The zero-order chi connectivity index (χ0) is 17.3. The summed E-state index contributed by atoms with van der Waals surface area (Å²) in [5, 5.41) is 9.65. The number of hydrogen-bond acceptors (Lipinski definition) is 3. The second kappa shape index (κ2) is 6.65. The molecule has 1 aliphatic rings. The Kier molecular flexibility index (Phi) is 4.58. The number of carbonyl (C=O) groups is 1. The summed E-state index contributed by atoms with van der Waals surface area (Å²) in [7, 11) is 0. The van der Waals surface area contributed by atoms with Gasteiger partial charge < -0.3 is 15.7 Å². The number of nitrogens with zero attached hydrogens (tertiary/aromatic N) is 1. The zero-order valence-electron chi connectivity index (χ0n) is 14.2. The molecular weight excluding hydrogens is 300 g/mol. The number of phenolic OH excluding ortho intramolecular Hbond substituents is 1. The minimum absolute atomic E-state index is 0.00335. The maximum Gasteiger partial charge on any atom is 0.240 e. The molecule has 1 amide bonds. The van der Waals surface area contributed by atoms with Crippen LogP contribution in [-0.2, 0) is 24.2 Å². The van der Waals surface area contributed by atoms with E-state index in [0.29, 0.717) is 13.0 Å². The molecule has 0 saturated heterocycles. The van der Waals surface area contributed by atoms with Crippen molar-refractivity contribution in [3.8, 4) is 5.75 Å². The predicted molar refractivity (Wildman–Crippen MR) is 94.8 cm³/mol. The van der Waals surface area contributed by atoms with Gasteiger partial charge in [-0.3, -0.25) is 4.79 Å². The van der Waals surface area contributed by atoms with Crippen LogP contribution in [0.1, 0.15) is 27.8 Å². The van der Waals surface area contributed by atoms with E-state index in [9.17, 15) is 9.90 Å². The standard InChI is InChI=1S/C20H24N2O2/c1-13-9-17(23)10-14(2)18(13)11-19(21)20(24)22-8-7-15-5-3-4-6-16(15)12-22/h3-6,9-10,19,23H,7-8,11-12,21H2,1-2H3. The van der Waals surface area contributed by atoms with E-state index in [4.69, 9.17) is 5.73 Å². The smallest absolute Gasteiger partial charge is 0.240 e. The van der Waals surface area contributed by atoms with Crippen molar-refractivity contribution in [1.29, 1.82) is 0 Å². The van der Waals surface area contributed by atoms with Crippen molar-refractivity contribution in [3.63, 3.8) is 0 Å². The number of benzene rings is 2. The summed E-state index contributed by atoms with van der Waals surface area (Å²) < 4.78 is 0. The van der Waals surface area contributed by atoms with Gasteiger partial charge in [0.1, 0.15) is 5.75 Å². The summed E-state index contributed by atoms with van der Waals surface area (Å²) in [6.07, 6.45) is 1.38. The molecule has 126 valence electrons. The molecule has 3 N–H and O–H groups in total. The van der Waals surface area contributed by atoms with Gasteiger partial charge in [-0.25, -0.2) is 0 Å². The van der Waals surface area contributed by atoms with E-state index < -0.39 is 6.04 Å². The van der Waals surface area contributed by atoms with E-state index in [1.165, 1.54) is 11.1 Å². The summed E-state index contributed by atoms with van der Waals surface area (Å²) in [5.74, 6) is 0.248. The molecule has 3 rings (SSSR count). The fraction of sp³-hybridized carbons (Fsp3) is 0.350. The summed E-state index contributed by atoms with van der Waals surface area (Å²) in [5.41, 5.74) is 11.7. The van der Waals surface area contributed by atoms with Crippen molar-refractivity contribution in [2.45, 2.75) is 39.3 Å². The van der Waals surface area contributed by atoms with Crippen LogP contribution in [0.5, 0.6) is 5.75 Å². The Morgan fingerprint density at radius 1 is 1.21 bits per heavy atom. The Morgan fingerprint density at radius 3 is 2.50 bits per heavy atom. The Balaban J connectivity index is 1.72. The molecule has 1 atom stereocenters. The molecule has 0 aromatic heterocycles. The van der Waals surface area contributed by atoms with Gasteiger partial charge in [-0.15, -0.1) is 0 Å². The van der Waals surface area contributed by atoms with Crippen LogP contribution in [0.3, 0.4) is 0 Å². The van der Waals surface area contributed by atoms with Crippen molar-refractivity contribution in [2.75, 3.05) is 6.54 Å². The van der Waals surface area contributed by atoms with Crippen molar-refractivity contribution >= 4 is 5.91 Å². The Bertz CT molecular complexity index is 747. The molecule has 0 aliphatic carbocycles. The molecule has 0 bridgehead atoms. The number of rotatable bonds is 3. The van der Waals surface area contributed by atoms with Crippen molar-refractivity contribution in [3.05, 3.63) is 64.2 Å². The van der Waals surface area contributed by atoms with Crippen LogP contribution in [0, 0.1) is 13.8 Å². The zero-order valence-corrected chi connectivity index (χ0v) is 14.2. The quantitative estimate of drug-likeness (QED) is 0.911. The van der Waals surface area contributed by atoms with Crippen LogP contribution in [0.2, 0.25) is 0 Å². The number of aromatic hydroxyl groups is 1. The lowest BCUT2D eigenvalue weighted by atomic mass is 9.94. The van der Waals surface area contributed by atoms with E-state index in [1.54, 1.807) is 12.1 Å². The van der Waals surface area contributed by atoms with E-state index in [0.717, 1.165) is 29.7 Å². The number of hydrogen-bond donors (Lipinski definition) is 2. The summed E-state index contributed by atoms with van der Waals surface area (Å²) in [4.78, 5) is 14.6. The van der Waals surface area contributed by atoms with Gasteiger partial charge in [0.05, 0.1) is 6.04 Å². The molecule has 1 unspecified atom stereocenters. The third-order valence-corrected chi connectivity index (χ3v) is 4.86. The number of carbonyl (C=O) groups excluding carboxylic acids is 1. The van der Waals surface area contributed by atoms with Gasteiger partial charge in [-0.1, -0.05) is 24.3 Å². The number of aryl methyl sites for hydroxylation is 2. The average molecular weight is 324 g/mol. The lowest BCUT2D eigenvalue weighted by Crippen LogP contribution is -2.46. The molecular formula is C20H24N2O2. The molecule has 1 heterocycles. The highest BCUT2D eigenvalue weighted by Gasteiger charge is 2.25. The van der Waals surface area contributed by atoms with Crippen LogP contribution >= 0.6 is 0 Å². The minimum atomic E-state index is -0.558. The number of amides is 1. The third kappa shape index (κ3) is 3.29. The highest BCUT2D eigenvalue weighted by molar-refractivity contribution is 5.82. The number of nitrogens with two attached hydrogens (primary N) is 1. The Morgan fingerprint density at radius 2 is 1.83 bits per heavy atom. The molecule has 0 fully saturated rings. The highest BCUT2D eigenvalue weighted by Crippen LogP contribution is 2.23. The molecule has 2 aromatic carbocycles. The van der Waals surface area contributed by atoms with Crippen LogP contribution in [0.15, 0.2) is 36.4 Å². The second-order valence-corrected chi connectivity index (χ2v) is 6.65. The molecule has 24 heavy (non-hydrogen) atoms. The molecule has 1 aliphatic heterocycles. The molecule has 0 saturated carbocycles. The first kappa shape index (κ1) is 16.5. The topological polar surface area (TPSA) is 66.6 Å². The van der Waals surface area contributed by atoms with Crippen molar-refractivity contribution in [2.24, 2.45) is 5.73 Å². The van der Waals surface area contributed by atoms with E-state index in [-0.39, 0.29) is 11.7 Å². The van der Waals surface area contributed by atoms with Gasteiger partial charge in [0.25, 0.3) is 0 Å². The molecule has 0 spiro atoms. The predicted octanol–water partition coefficient (Wildman–Crippen LogP) is 2.46. The van der Waals surface area contributed by atoms with Gasteiger partial charge >= 0.3 is 0 Å². The molecule has 0 radical (unpaired) electrons. The van der Waals surface area contributed by atoms with Crippen molar-refractivity contribution in [1.82, 2.24) is 4.90 Å². The van der Waals surface area contributed by atoms with E-state index in [1.807, 2.05) is 30.9 Å². The number of phenols is 1. The summed E-state index contributed by atoms with van der Waals surface area (Å²) >= 11 is 0. The highest BCUT2D eigenvalue weighted by atomic mass is 16.3. The maximum absolute atomic E-state index is 12.8. The summed E-state index contributed by atoms with van der Waals surface area (Å²) in [6.45, 7) is 5.24. The van der Waals surface area contributed by atoms with Crippen LogP contribution in [-0.4, -0.2) is 28.5 Å². The van der Waals surface area contributed by atoms with Gasteiger partial charge in [0, 0.05) is 13.1 Å². The fourth-order valence-corrected chi connectivity index (χ4v) is 3.52. The fourth-order valence-electron chi connectivity index (χ4n) is 3.52. The lowest BCUT2D eigenvalue weighted by Gasteiger charge is -2.31. The third-order valence-electron chi connectivity index (χ3n) is 4.86. The van der Waals surface area contributed by atoms with E-state index in [2.05, 4.69) is 12.1 Å². The lowest BCUT2D eigenvalue weighted by molar-refractivity contribution is -0.133. The normalized spacial score (nSPS) is 15.0. The first-order valence-electron chi connectivity index (χ1n) is 8.36. The first-order valence-corrected chi connectivity index (χ1v) is 8.36. The van der Waals surface area contributed by atoms with Gasteiger partial charge in [-0.2, -0.15) is 0 Å². The Labute approximate surface area is 142 Å². The monoisotopic (exact) mass is 324 g/mol. The molecule has 2 aromatic rings. The second-order valence-electron chi connectivity index (χ2n) is 6.65. The molecule has 4 heteroatoms. The van der Waals surface area contributed by atoms with Crippen LogP contribution < -0.4 is 5.73 Å². The summed E-state index contributed by atoms with van der Waals surface area (Å²) in [6, 6.07) is 11.1. The first-order chi connectivity index (χ1) is 11.5. The van der Waals surface area contributed by atoms with E-state index >= 15 is 0 Å². The van der Waals surface area contributed by atoms with Crippen LogP contribution in [0.25, 0.3) is 0 Å². The Hall–Kier alpha value is -2.33. The average Bonchev–Trinajstić information content (AvgIpc) is 2.56. The SMILES string of the molecule is Cc1cc(O)cc(C)c1CC(N)C(=O)N1CCc2ccccc2C1. The largest absolute Gasteiger partial charge is 0.508 e. The molecule has 4 nitrogen and oxygen atoms in total. The number of fused-ring (bicyclic) bond motifs is 1. The van der Waals surface area contributed by atoms with Gasteiger partial charge in [0.15, 0.2) is 0 Å².